The normalized spacial score (nSPS) is 23.6. The molecule has 0 aliphatic carbocycles. The highest BCUT2D eigenvalue weighted by Gasteiger charge is 2.49. The van der Waals surface area contributed by atoms with E-state index in [-0.39, 0.29) is 6.61 Å². The van der Waals surface area contributed by atoms with E-state index < -0.39 is 30.7 Å². The van der Waals surface area contributed by atoms with Gasteiger partial charge in [0.1, 0.15) is 24.4 Å². The molecule has 0 N–H and O–H groups in total. The number of ether oxygens (including phenoxy) is 8. The Morgan fingerprint density at radius 2 is 1.09 bits per heavy atom. The standard InChI is InChI=1S/C43H52N2O8/c1-46-43-42(52-31-36-14-8-9-15-38(36)45-22-26-48-27-23-45)41(51-30-34-12-6-3-7-13-34)40(50-29-33-10-4-2-5-11-33)39(53-43)32-49-28-35-16-18-37(19-17-35)44-20-24-47-25-21-44/h2-19,39-43H,20-32H2,1H3/t39-,40-,41+,42-,43-/m1/s1/i43+1. The average Bonchev–Trinajstić information content (AvgIpc) is 3.23. The molecular formula is C43H52N2O8. The molecule has 0 spiro atoms. The average molecular weight is 726 g/mol. The van der Waals surface area contributed by atoms with E-state index in [0.29, 0.717) is 39.6 Å². The number of methoxy groups -OCH3 is 1. The zero-order chi connectivity index (χ0) is 36.1. The van der Waals surface area contributed by atoms with Crippen molar-refractivity contribution < 1.29 is 37.9 Å². The second kappa shape index (κ2) is 19.5. The van der Waals surface area contributed by atoms with Gasteiger partial charge >= 0.3 is 0 Å². The van der Waals surface area contributed by atoms with Gasteiger partial charge in [-0.15, -0.1) is 0 Å². The largest absolute Gasteiger partial charge is 0.378 e. The van der Waals surface area contributed by atoms with Crippen LogP contribution in [0.3, 0.4) is 0 Å². The van der Waals surface area contributed by atoms with Crippen molar-refractivity contribution in [2.24, 2.45) is 0 Å². The monoisotopic (exact) mass is 725 g/mol. The van der Waals surface area contributed by atoms with Crippen molar-refractivity contribution in [2.75, 3.05) is 76.1 Å². The molecule has 5 atom stereocenters. The Labute approximate surface area is 313 Å². The summed E-state index contributed by atoms with van der Waals surface area (Å²) < 4.78 is 50.6. The summed E-state index contributed by atoms with van der Waals surface area (Å²) in [5.41, 5.74) is 6.61. The van der Waals surface area contributed by atoms with Gasteiger partial charge in [0.15, 0.2) is 6.29 Å². The molecule has 4 aromatic carbocycles. The number of hydrogen-bond donors (Lipinski definition) is 0. The number of para-hydroxylation sites is 1. The van der Waals surface area contributed by atoms with E-state index >= 15 is 0 Å². The van der Waals surface area contributed by atoms with E-state index in [1.165, 1.54) is 5.69 Å². The van der Waals surface area contributed by atoms with Crippen LogP contribution >= 0.6 is 0 Å². The lowest BCUT2D eigenvalue weighted by Crippen LogP contribution is -2.61. The minimum Gasteiger partial charge on any atom is -0.378 e. The maximum absolute atomic E-state index is 6.81. The summed E-state index contributed by atoms with van der Waals surface area (Å²) >= 11 is 0. The molecule has 0 aromatic heterocycles. The van der Waals surface area contributed by atoms with Crippen molar-refractivity contribution in [3.8, 4) is 0 Å². The van der Waals surface area contributed by atoms with Crippen molar-refractivity contribution in [1.29, 1.82) is 0 Å². The van der Waals surface area contributed by atoms with Gasteiger partial charge in [-0.25, -0.2) is 0 Å². The second-order valence-corrected chi connectivity index (χ2v) is 13.6. The number of anilines is 2. The lowest BCUT2D eigenvalue weighted by Gasteiger charge is -2.45. The molecule has 282 valence electrons. The third kappa shape index (κ3) is 10.2. The highest BCUT2D eigenvalue weighted by Crippen LogP contribution is 2.32. The number of morpholine rings is 2. The molecule has 7 rings (SSSR count). The molecule has 0 unspecified atom stereocenters. The molecular weight excluding hydrogens is 673 g/mol. The van der Waals surface area contributed by atoms with Gasteiger partial charge in [0, 0.05) is 50.2 Å². The van der Waals surface area contributed by atoms with E-state index in [9.17, 15) is 0 Å². The van der Waals surface area contributed by atoms with E-state index in [2.05, 4.69) is 76.5 Å². The predicted molar refractivity (Wildman–Crippen MR) is 203 cm³/mol. The maximum atomic E-state index is 6.81. The molecule has 0 radical (unpaired) electrons. The van der Waals surface area contributed by atoms with E-state index in [1.54, 1.807) is 7.11 Å². The van der Waals surface area contributed by atoms with Crippen LogP contribution in [0, 0.1) is 0 Å². The maximum Gasteiger partial charge on any atom is 0.186 e. The first-order chi connectivity index (χ1) is 26.2. The molecule has 3 aliphatic heterocycles. The van der Waals surface area contributed by atoms with Crippen LogP contribution in [-0.2, 0) is 64.3 Å². The number of hydrogen-bond acceptors (Lipinski definition) is 10. The van der Waals surface area contributed by atoms with Crippen molar-refractivity contribution in [1.82, 2.24) is 0 Å². The van der Waals surface area contributed by atoms with Crippen molar-refractivity contribution >= 4 is 11.4 Å². The zero-order valence-corrected chi connectivity index (χ0v) is 30.6. The Bertz CT molecular complexity index is 1630. The molecule has 0 amide bonds. The predicted octanol–water partition coefficient (Wildman–Crippen LogP) is 6.00. The first-order valence-electron chi connectivity index (χ1n) is 18.8. The zero-order valence-electron chi connectivity index (χ0n) is 30.6. The van der Waals surface area contributed by atoms with Crippen molar-refractivity contribution in [3.63, 3.8) is 0 Å². The lowest BCUT2D eigenvalue weighted by molar-refractivity contribution is -0.323. The summed E-state index contributed by atoms with van der Waals surface area (Å²) in [5, 5.41) is 0. The SMILES string of the molecule is CO[13C@@H]1O[C@H](COCc2ccc(N3CCOCC3)cc2)[C@@H](OCc2ccccc2)[C@H](OCc2ccccc2)[C@H]1OCc1ccccc1N1CCOCC1. The van der Waals surface area contributed by atoms with Gasteiger partial charge in [-0.1, -0.05) is 91.0 Å². The van der Waals surface area contributed by atoms with Crippen LogP contribution in [0.5, 0.6) is 0 Å². The fourth-order valence-corrected chi connectivity index (χ4v) is 7.15. The topological polar surface area (TPSA) is 80.3 Å². The molecule has 3 saturated heterocycles. The molecule has 4 aromatic rings. The van der Waals surface area contributed by atoms with Crippen LogP contribution in [-0.4, -0.2) is 97.0 Å². The summed E-state index contributed by atoms with van der Waals surface area (Å²) in [6.45, 7) is 8.21. The number of benzene rings is 4. The summed E-state index contributed by atoms with van der Waals surface area (Å²) in [5.74, 6) is 0. The molecule has 10 heteroatoms. The Kier molecular flexibility index (Phi) is 13.8. The highest BCUT2D eigenvalue weighted by atomic mass is 16.8. The first kappa shape index (κ1) is 37.5. The van der Waals surface area contributed by atoms with Gasteiger partial charge in [-0.2, -0.15) is 0 Å². The Morgan fingerprint density at radius 3 is 1.74 bits per heavy atom. The Morgan fingerprint density at radius 1 is 0.547 bits per heavy atom. The molecule has 10 nitrogen and oxygen atoms in total. The minimum absolute atomic E-state index is 0.280. The van der Waals surface area contributed by atoms with Gasteiger partial charge < -0.3 is 47.7 Å². The smallest absolute Gasteiger partial charge is 0.186 e. The summed E-state index contributed by atoms with van der Waals surface area (Å²) in [7, 11) is 1.65. The first-order valence-corrected chi connectivity index (χ1v) is 18.8. The fraction of sp³-hybridized carbons (Fsp3) is 0.442. The molecule has 3 aliphatic rings. The van der Waals surface area contributed by atoms with Crippen LogP contribution in [0.1, 0.15) is 22.3 Å². The number of rotatable bonds is 16. The van der Waals surface area contributed by atoms with Gasteiger partial charge in [-0.3, -0.25) is 0 Å². The molecule has 3 heterocycles. The Hall–Kier alpha value is -3.84. The quantitative estimate of drug-likeness (QED) is 0.128. The van der Waals surface area contributed by atoms with Crippen LogP contribution in [0.4, 0.5) is 11.4 Å². The van der Waals surface area contributed by atoms with Gasteiger partial charge in [0.05, 0.1) is 59.5 Å². The van der Waals surface area contributed by atoms with Crippen LogP contribution < -0.4 is 9.80 Å². The lowest BCUT2D eigenvalue weighted by atomic mass is 10.0. The molecule has 3 fully saturated rings. The van der Waals surface area contributed by atoms with Crippen LogP contribution in [0.15, 0.2) is 109 Å². The van der Waals surface area contributed by atoms with E-state index in [1.807, 2.05) is 42.5 Å². The van der Waals surface area contributed by atoms with Gasteiger partial charge in [-0.05, 0) is 34.9 Å². The highest BCUT2D eigenvalue weighted by molar-refractivity contribution is 5.53. The second-order valence-electron chi connectivity index (χ2n) is 13.6. The molecule has 0 saturated carbocycles. The number of nitrogens with zero attached hydrogens (tertiary/aromatic N) is 2. The fourth-order valence-electron chi connectivity index (χ4n) is 7.15. The molecule has 53 heavy (non-hydrogen) atoms. The van der Waals surface area contributed by atoms with E-state index in [4.69, 9.17) is 37.9 Å². The minimum atomic E-state index is -0.718. The summed E-state index contributed by atoms with van der Waals surface area (Å²) in [6.07, 6.45) is -2.85. The van der Waals surface area contributed by atoms with Gasteiger partial charge in [0.2, 0.25) is 0 Å². The third-order valence-electron chi connectivity index (χ3n) is 10.0. The summed E-state index contributed by atoms with van der Waals surface area (Å²) in [6, 6.07) is 37.3. The Balaban J connectivity index is 1.10. The van der Waals surface area contributed by atoms with Gasteiger partial charge in [0.25, 0.3) is 0 Å². The van der Waals surface area contributed by atoms with Crippen LogP contribution in [0.2, 0.25) is 0 Å². The van der Waals surface area contributed by atoms with Crippen molar-refractivity contribution in [3.05, 3.63) is 131 Å². The summed E-state index contributed by atoms with van der Waals surface area (Å²) in [4.78, 5) is 4.70. The van der Waals surface area contributed by atoms with Crippen molar-refractivity contribution in [2.45, 2.75) is 57.1 Å². The third-order valence-corrected chi connectivity index (χ3v) is 10.0. The van der Waals surface area contributed by atoms with E-state index in [0.717, 1.165) is 67.3 Å². The molecule has 0 bridgehead atoms. The van der Waals surface area contributed by atoms with Crippen LogP contribution in [0.25, 0.3) is 0 Å².